The van der Waals surface area contributed by atoms with Crippen LogP contribution in [0.25, 0.3) is 0 Å². The molecule has 0 amide bonds. The van der Waals surface area contributed by atoms with Crippen LogP contribution in [0.5, 0.6) is 40.6 Å². The third kappa shape index (κ3) is 63.0. The van der Waals surface area contributed by atoms with Gasteiger partial charge in [0.05, 0.1) is 12.4 Å². The highest BCUT2D eigenvalue weighted by atomic mass is 19.1. The van der Waals surface area contributed by atoms with E-state index in [1.807, 2.05) is 153 Å². The Morgan fingerprint density at radius 2 is 0.968 bits per heavy atom. The van der Waals surface area contributed by atoms with E-state index >= 15 is 0 Å². The number of pyridine rings is 6. The van der Waals surface area contributed by atoms with Crippen molar-refractivity contribution in [2.24, 2.45) is 31.3 Å². The van der Waals surface area contributed by atoms with E-state index in [2.05, 4.69) is 126 Å². The average molecular weight is 1700 g/mol. The maximum absolute atomic E-state index is 12.2. The second kappa shape index (κ2) is 76.6. The Morgan fingerprint density at radius 3 is 1.33 bits per heavy atom. The quantitative estimate of drug-likeness (QED) is 0.0280. The van der Waals surface area contributed by atoms with Crippen LogP contribution in [0.15, 0.2) is 310 Å². The number of rotatable bonds is 18. The zero-order chi connectivity index (χ0) is 90.6. The Kier molecular flexibility index (Phi) is 66.0. The van der Waals surface area contributed by atoms with Crippen LogP contribution in [-0.4, -0.2) is 159 Å². The number of hydrogen-bond acceptors (Lipinski definition) is 28. The van der Waals surface area contributed by atoms with E-state index in [4.69, 9.17) is 64.5 Å². The van der Waals surface area contributed by atoms with E-state index in [0.717, 1.165) is 61.8 Å². The molecule has 0 radical (unpaired) electrons. The summed E-state index contributed by atoms with van der Waals surface area (Å²) < 4.78 is 53.1. The summed E-state index contributed by atoms with van der Waals surface area (Å²) in [6, 6.07) is 54.4. The fraction of sp³-hybridized carbons (Fsp3) is 0.211. The van der Waals surface area contributed by atoms with Crippen LogP contribution in [0.1, 0.15) is 66.2 Å². The Morgan fingerprint density at radius 1 is 0.419 bits per heavy atom. The largest absolute Gasteiger partial charge is 0.446 e. The van der Waals surface area contributed by atoms with Crippen LogP contribution in [0, 0.1) is 64.5 Å². The van der Waals surface area contributed by atoms with Gasteiger partial charge in [0.2, 0.25) is 5.88 Å². The molecule has 658 valence electrons. The first-order valence-electron chi connectivity index (χ1n) is 38.6. The molecular weight excluding hydrogens is 1580 g/mol. The molecule has 34 heteroatoms. The second-order valence-corrected chi connectivity index (χ2v) is 24.5. The van der Waals surface area contributed by atoms with Crippen molar-refractivity contribution in [3.63, 3.8) is 0 Å². The number of ether oxygens (including phenoxy) is 7. The van der Waals surface area contributed by atoms with Crippen LogP contribution in [0.4, 0.5) is 4.39 Å². The van der Waals surface area contributed by atoms with Crippen molar-refractivity contribution >= 4 is 44.8 Å². The minimum absolute atomic E-state index is 0.236. The lowest BCUT2D eigenvalue weighted by Gasteiger charge is -2.08. The van der Waals surface area contributed by atoms with Gasteiger partial charge in [-0.15, -0.1) is 0 Å². The van der Waals surface area contributed by atoms with Gasteiger partial charge in [0.1, 0.15) is 34.6 Å². The lowest BCUT2D eigenvalue weighted by molar-refractivity contribution is 0.318. The standard InChI is InChI=1S/C7H6FNO.C7H8.C6H8N2O.3C6H6N2O.C6H8N2.2C6H7N.C6H13N.C5H6N2O.C5H8N2.C5H11N.C5H7N.C4H7N3.C4H4N2O2/c8-6-1-3-7(4-2-6)10-5-9;1-7-5-3-2-4-6-7;1-8-3-2-6(4-8)9-5-7;7-5-9-6-1-3-8-4-2-6;7-5-9-6-2-1-3-8-4-6;7-5-9-6-3-1-2-4-8-6;7-4-6-2-1-3-8-5-6;1-6-2-4-7-5-3-6;1-6-3-2-4-7-5-6;1-2-7-5-3-4-6-7;6-4-8-5-1-2-7-3-5;6-4-5-2-1-3-7-5;2*1-6-4-2-3-5-6;5-3-4-1-2-6-7-4;5-3-7-4-1-2-6-8-4/h1-5,9H;2-6H,1H3;2-5,7H,1H3;3*1-5,7H;1-3,5H,4,7H2;2*2-5H,1H3;2-6H2,1H3;1-4,6-7H;1-3,7H,4,6H2;2-5H2,1H3;2-5H,1H3;1-2H,3,5H2,(H,6,7);1-3,5H. The first-order chi connectivity index (χ1) is 60.5. The second-order valence-electron chi connectivity index (χ2n) is 24.5. The van der Waals surface area contributed by atoms with Crippen LogP contribution < -0.4 is 50.4 Å². The molecule has 14 heterocycles. The monoisotopic (exact) mass is 1700 g/mol. The van der Waals surface area contributed by atoms with Crippen molar-refractivity contribution in [3.05, 3.63) is 345 Å². The summed E-state index contributed by atoms with van der Waals surface area (Å²) in [5, 5.41) is 55.5. The Labute approximate surface area is 725 Å². The summed E-state index contributed by atoms with van der Waals surface area (Å²) in [5.74, 6) is 3.45. The molecule has 0 spiro atoms. The van der Waals surface area contributed by atoms with Gasteiger partial charge in [0.25, 0.3) is 0 Å². The SMILES string of the molecule is CCN1CCCC1.CN1CCCC1.Cc1ccccc1.Cc1cccnc1.Cc1ccncc1.Cn1ccc(OC=N)c1.Cn1cccc1.N=COc1cc[nH]c1.N=COc1ccc(F)cc1.N=COc1ccccn1.N=COc1cccnc1.N=COc1ccncc1.N=COc1ccno1.NCc1ccc[nH]1.NCc1cccnc1.NCc1ccn[nH]1. The van der Waals surface area contributed by atoms with Gasteiger partial charge in [-0.3, -0.25) is 67.9 Å². The normalized spacial score (nSPS) is 10.4. The van der Waals surface area contributed by atoms with Gasteiger partial charge in [-0.25, -0.2) is 9.37 Å². The third-order valence-electron chi connectivity index (χ3n) is 14.8. The van der Waals surface area contributed by atoms with E-state index in [-0.39, 0.29) is 11.8 Å². The summed E-state index contributed by atoms with van der Waals surface area (Å²) in [4.78, 5) is 33.5. The number of likely N-dealkylation sites (tertiary alicyclic amines) is 2. The van der Waals surface area contributed by atoms with Gasteiger partial charge in [-0.05, 0) is 224 Å². The molecule has 0 unspecified atom stereocenters. The van der Waals surface area contributed by atoms with E-state index in [0.29, 0.717) is 54.3 Å². The lowest BCUT2D eigenvalue weighted by atomic mass is 10.2. The maximum Gasteiger partial charge on any atom is 0.317 e. The number of aromatic amines is 3. The Bertz CT molecular complexity index is 4380. The van der Waals surface area contributed by atoms with Crippen LogP contribution in [0.2, 0.25) is 0 Å². The number of nitrogens with one attached hydrogen (secondary N) is 10. The molecule has 16 N–H and O–H groups in total. The molecule has 0 aliphatic carbocycles. The fourth-order valence-corrected chi connectivity index (χ4v) is 8.63. The number of aromatic nitrogens is 13. The van der Waals surface area contributed by atoms with Crippen molar-refractivity contribution in [3.8, 4) is 40.6 Å². The van der Waals surface area contributed by atoms with Gasteiger partial charge in [0, 0.05) is 169 Å². The molecule has 16 rings (SSSR count). The molecule has 2 fully saturated rings. The van der Waals surface area contributed by atoms with E-state index in [1.54, 1.807) is 141 Å². The molecule has 12 aromatic heterocycles. The minimum Gasteiger partial charge on any atom is -0.446 e. The number of hydrogen-bond donors (Lipinski definition) is 13. The summed E-state index contributed by atoms with van der Waals surface area (Å²) >= 11 is 0. The highest BCUT2D eigenvalue weighted by molar-refractivity contribution is 5.50. The van der Waals surface area contributed by atoms with Crippen molar-refractivity contribution in [1.82, 2.24) is 74.2 Å². The predicted octanol–water partition coefficient (Wildman–Crippen LogP) is 16.2. The smallest absolute Gasteiger partial charge is 0.317 e. The van der Waals surface area contributed by atoms with Crippen molar-refractivity contribution in [2.75, 3.05) is 39.8 Å². The fourth-order valence-electron chi connectivity index (χ4n) is 8.63. The summed E-state index contributed by atoms with van der Waals surface area (Å²) in [6.07, 6.45) is 46.4. The van der Waals surface area contributed by atoms with Gasteiger partial charge in [0.15, 0.2) is 44.8 Å². The summed E-state index contributed by atoms with van der Waals surface area (Å²) in [7, 11) is 6.07. The zero-order valence-corrected chi connectivity index (χ0v) is 71.1. The lowest BCUT2D eigenvalue weighted by Crippen LogP contribution is -2.17. The highest BCUT2D eigenvalue weighted by Gasteiger charge is 2.07. The average Bonchev–Trinajstić information content (AvgIpc) is 1.80. The van der Waals surface area contributed by atoms with Crippen LogP contribution >= 0.6 is 0 Å². The zero-order valence-electron chi connectivity index (χ0n) is 71.1. The van der Waals surface area contributed by atoms with Gasteiger partial charge >= 0.3 is 5.95 Å². The number of nitrogens with two attached hydrogens (primary N) is 3. The topological polar surface area (TPSA) is 490 Å². The summed E-state index contributed by atoms with van der Waals surface area (Å²) in [5.41, 5.74) is 22.7. The summed E-state index contributed by atoms with van der Waals surface area (Å²) in [6.45, 7) is 16.7. The molecular formula is C90H118FN25O8. The molecule has 2 aromatic carbocycles. The van der Waals surface area contributed by atoms with E-state index < -0.39 is 0 Å². The molecule has 33 nitrogen and oxygen atoms in total. The van der Waals surface area contributed by atoms with Crippen LogP contribution in [-0.2, 0) is 33.7 Å². The molecule has 0 atom stereocenters. The van der Waals surface area contributed by atoms with E-state index in [9.17, 15) is 4.39 Å². The molecule has 124 heavy (non-hydrogen) atoms. The number of nitrogens with zero attached hydrogens (tertiary/aromatic N) is 12. The van der Waals surface area contributed by atoms with Crippen molar-refractivity contribution in [1.29, 1.82) is 37.9 Å². The van der Waals surface area contributed by atoms with Crippen molar-refractivity contribution < 1.29 is 42.1 Å². The molecule has 0 saturated carbocycles. The van der Waals surface area contributed by atoms with Gasteiger partial charge < -0.3 is 83.8 Å². The Hall–Kier alpha value is -15.1. The third-order valence-corrected chi connectivity index (χ3v) is 14.8. The molecule has 2 aliphatic heterocycles. The number of H-pyrrole nitrogens is 3. The van der Waals surface area contributed by atoms with Gasteiger partial charge in [-0.2, -0.15) is 5.10 Å². The number of benzene rings is 2. The molecule has 2 saturated heterocycles. The highest BCUT2D eigenvalue weighted by Crippen LogP contribution is 2.12. The molecule has 0 bridgehead atoms. The molecule has 14 aromatic rings. The Balaban J connectivity index is 0.000000662. The van der Waals surface area contributed by atoms with Crippen LogP contribution in [0.3, 0.4) is 0 Å². The van der Waals surface area contributed by atoms with Gasteiger partial charge in [-0.1, -0.05) is 66.2 Å². The first-order valence-corrected chi connectivity index (χ1v) is 38.6. The number of aryl methyl sites for hydroxylation is 5. The first kappa shape index (κ1) is 107. The number of halogens is 1. The van der Waals surface area contributed by atoms with E-state index in [1.165, 1.54) is 112 Å². The van der Waals surface area contributed by atoms with Crippen molar-refractivity contribution in [2.45, 2.75) is 73.0 Å². The molecule has 2 aliphatic rings. The maximum atomic E-state index is 12.2. The minimum atomic E-state index is -0.308. The predicted molar refractivity (Wildman–Crippen MR) is 488 cm³/mol.